The number of benzene rings is 1. The van der Waals surface area contributed by atoms with Gasteiger partial charge in [0, 0.05) is 25.0 Å². The third-order valence-corrected chi connectivity index (χ3v) is 4.71. The maximum Gasteiger partial charge on any atom is 0.241 e. The largest absolute Gasteiger partial charge is 0.396 e. The van der Waals surface area contributed by atoms with Crippen LogP contribution in [0.5, 0.6) is 0 Å². The van der Waals surface area contributed by atoms with Crippen LogP contribution in [-0.4, -0.2) is 25.1 Å². The molecule has 0 aliphatic carbocycles. The Balaban J connectivity index is 2.14. The zero-order valence-corrected chi connectivity index (χ0v) is 12.5. The third kappa shape index (κ3) is 4.10. The van der Waals surface area contributed by atoms with Crippen molar-refractivity contribution >= 4 is 10.0 Å². The minimum absolute atomic E-state index is 0.0440. The molecule has 5 nitrogen and oxygen atoms in total. The Hall–Kier alpha value is -1.76. The average Bonchev–Trinajstić information content (AvgIpc) is 2.48. The van der Waals surface area contributed by atoms with Gasteiger partial charge in [0.05, 0.1) is 4.90 Å². The summed E-state index contributed by atoms with van der Waals surface area (Å²) < 4.78 is 27.2. The lowest BCUT2D eigenvalue weighted by molar-refractivity contribution is 0.299. The van der Waals surface area contributed by atoms with E-state index in [0.717, 1.165) is 11.1 Å². The highest BCUT2D eigenvalue weighted by Crippen LogP contribution is 2.16. The molecule has 112 valence electrons. The zero-order valence-electron chi connectivity index (χ0n) is 11.7. The number of hydrogen-bond acceptors (Lipinski definition) is 4. The van der Waals surface area contributed by atoms with E-state index in [4.69, 9.17) is 5.11 Å². The molecule has 0 fully saturated rings. The predicted octanol–water partition coefficient (Wildman–Crippen LogP) is 1.66. The molecule has 0 saturated carbocycles. The van der Waals surface area contributed by atoms with E-state index in [2.05, 4.69) is 9.71 Å². The molecule has 0 aliphatic rings. The number of nitrogens with zero attached hydrogens (tertiary/aromatic N) is 1. The third-order valence-electron chi connectivity index (χ3n) is 3.15. The zero-order chi connectivity index (χ0) is 15.3. The first-order chi connectivity index (χ1) is 10.0. The lowest BCUT2D eigenvalue weighted by Crippen LogP contribution is -2.26. The van der Waals surface area contributed by atoms with Crippen LogP contribution in [0.15, 0.2) is 53.7 Å². The molecule has 0 aliphatic heterocycles. The van der Waals surface area contributed by atoms with Crippen molar-refractivity contribution < 1.29 is 13.5 Å². The Morgan fingerprint density at radius 2 is 1.95 bits per heavy atom. The molecule has 21 heavy (non-hydrogen) atoms. The van der Waals surface area contributed by atoms with Crippen LogP contribution in [0.2, 0.25) is 0 Å². The predicted molar refractivity (Wildman–Crippen MR) is 80.2 cm³/mol. The van der Waals surface area contributed by atoms with Gasteiger partial charge in [0.25, 0.3) is 0 Å². The van der Waals surface area contributed by atoms with Crippen LogP contribution >= 0.6 is 0 Å². The summed E-state index contributed by atoms with van der Waals surface area (Å²) in [5.74, 6) is 0. The molecule has 1 aromatic heterocycles. The van der Waals surface area contributed by atoms with Gasteiger partial charge in [-0.3, -0.25) is 4.98 Å². The highest BCUT2D eigenvalue weighted by molar-refractivity contribution is 7.89. The van der Waals surface area contributed by atoms with Gasteiger partial charge >= 0.3 is 0 Å². The van der Waals surface area contributed by atoms with Crippen LogP contribution in [0.1, 0.15) is 24.1 Å². The van der Waals surface area contributed by atoms with Gasteiger partial charge in [-0.2, -0.15) is 0 Å². The molecular formula is C15H18N2O3S. The van der Waals surface area contributed by atoms with Gasteiger partial charge in [0.15, 0.2) is 0 Å². The van der Waals surface area contributed by atoms with Crippen LogP contribution in [0.3, 0.4) is 0 Å². The number of sulfonamides is 1. The minimum Gasteiger partial charge on any atom is -0.396 e. The quantitative estimate of drug-likeness (QED) is 0.850. The van der Waals surface area contributed by atoms with Gasteiger partial charge in [0.1, 0.15) is 0 Å². The molecule has 1 heterocycles. The van der Waals surface area contributed by atoms with E-state index in [1.54, 1.807) is 49.6 Å². The van der Waals surface area contributed by atoms with Gasteiger partial charge in [-0.05, 0) is 42.7 Å². The first kappa shape index (κ1) is 15.6. The highest BCUT2D eigenvalue weighted by atomic mass is 32.2. The van der Waals surface area contributed by atoms with Gasteiger partial charge in [-0.1, -0.05) is 18.2 Å². The van der Waals surface area contributed by atoms with Crippen LogP contribution < -0.4 is 4.72 Å². The Morgan fingerprint density at radius 3 is 2.52 bits per heavy atom. The first-order valence-electron chi connectivity index (χ1n) is 6.65. The minimum atomic E-state index is -3.58. The maximum absolute atomic E-state index is 12.3. The van der Waals surface area contributed by atoms with E-state index < -0.39 is 10.0 Å². The Labute approximate surface area is 124 Å². The molecule has 6 heteroatoms. The lowest BCUT2D eigenvalue weighted by atomic mass is 10.2. The van der Waals surface area contributed by atoms with E-state index >= 15 is 0 Å². The van der Waals surface area contributed by atoms with Crippen LogP contribution in [-0.2, 0) is 16.4 Å². The van der Waals surface area contributed by atoms with E-state index in [1.807, 2.05) is 6.07 Å². The Bertz CT molecular complexity index is 670. The van der Waals surface area contributed by atoms with Gasteiger partial charge in [0.2, 0.25) is 10.0 Å². The second kappa shape index (κ2) is 6.80. The first-order valence-corrected chi connectivity index (χ1v) is 8.13. The van der Waals surface area contributed by atoms with Crippen molar-refractivity contribution in [2.24, 2.45) is 0 Å². The Morgan fingerprint density at radius 1 is 1.24 bits per heavy atom. The number of aliphatic hydroxyl groups excluding tert-OH is 1. The van der Waals surface area contributed by atoms with Crippen molar-refractivity contribution in [3.8, 4) is 0 Å². The summed E-state index contributed by atoms with van der Waals surface area (Å²) in [5.41, 5.74) is 1.70. The van der Waals surface area contributed by atoms with Crippen molar-refractivity contribution in [3.05, 3.63) is 59.9 Å². The summed E-state index contributed by atoms with van der Waals surface area (Å²) >= 11 is 0. The number of nitrogens with one attached hydrogen (secondary N) is 1. The average molecular weight is 306 g/mol. The van der Waals surface area contributed by atoms with Gasteiger partial charge in [-0.25, -0.2) is 13.1 Å². The maximum atomic E-state index is 12.3. The normalized spacial score (nSPS) is 13.0. The van der Waals surface area contributed by atoms with Crippen molar-refractivity contribution in [1.29, 1.82) is 0 Å². The molecule has 0 saturated heterocycles. The van der Waals surface area contributed by atoms with Gasteiger partial charge < -0.3 is 5.11 Å². The molecule has 2 aromatic rings. The molecule has 1 unspecified atom stereocenters. The molecule has 2 N–H and O–H groups in total. The lowest BCUT2D eigenvalue weighted by Gasteiger charge is -2.14. The van der Waals surface area contributed by atoms with Gasteiger partial charge in [-0.15, -0.1) is 0 Å². The molecule has 1 aromatic carbocycles. The fourth-order valence-corrected chi connectivity index (χ4v) is 3.20. The summed E-state index contributed by atoms with van der Waals surface area (Å²) in [4.78, 5) is 4.19. The van der Waals surface area contributed by atoms with Crippen molar-refractivity contribution in [1.82, 2.24) is 9.71 Å². The van der Waals surface area contributed by atoms with Crippen molar-refractivity contribution in [3.63, 3.8) is 0 Å². The highest BCUT2D eigenvalue weighted by Gasteiger charge is 2.18. The summed E-state index contributed by atoms with van der Waals surface area (Å²) in [7, 11) is -3.58. The van der Waals surface area contributed by atoms with E-state index in [-0.39, 0.29) is 17.5 Å². The summed E-state index contributed by atoms with van der Waals surface area (Å²) in [5, 5.41) is 8.86. The summed E-state index contributed by atoms with van der Waals surface area (Å²) in [6.45, 7) is 1.82. The smallest absolute Gasteiger partial charge is 0.241 e. The fourth-order valence-electron chi connectivity index (χ4n) is 1.97. The monoisotopic (exact) mass is 306 g/mol. The van der Waals surface area contributed by atoms with E-state index in [1.165, 1.54) is 0 Å². The molecular weight excluding hydrogens is 288 g/mol. The molecule has 0 amide bonds. The summed E-state index contributed by atoms with van der Waals surface area (Å²) in [6, 6.07) is 9.74. The summed E-state index contributed by atoms with van der Waals surface area (Å²) in [6.07, 6.45) is 3.79. The fraction of sp³-hybridized carbons (Fsp3) is 0.267. The van der Waals surface area contributed by atoms with Crippen LogP contribution in [0.25, 0.3) is 0 Å². The number of pyridine rings is 1. The molecule has 0 bridgehead atoms. The number of aliphatic hydroxyl groups is 1. The molecule has 0 radical (unpaired) electrons. The number of rotatable bonds is 6. The topological polar surface area (TPSA) is 79.3 Å². The Kier molecular flexibility index (Phi) is 5.06. The van der Waals surface area contributed by atoms with Crippen molar-refractivity contribution in [2.45, 2.75) is 24.3 Å². The van der Waals surface area contributed by atoms with Crippen LogP contribution in [0.4, 0.5) is 0 Å². The standard InChI is InChI=1S/C15H18N2O3S/c1-12(14-3-2-9-16-11-14)17-21(19,20)15-6-4-13(5-7-15)8-10-18/h2-7,9,11-12,17-18H,8,10H2,1H3. The van der Waals surface area contributed by atoms with E-state index in [9.17, 15) is 8.42 Å². The second-order valence-corrected chi connectivity index (χ2v) is 6.46. The number of hydrogen-bond donors (Lipinski definition) is 2. The SMILES string of the molecule is CC(NS(=O)(=O)c1ccc(CCO)cc1)c1cccnc1. The molecule has 1 atom stereocenters. The van der Waals surface area contributed by atoms with Crippen LogP contribution in [0, 0.1) is 0 Å². The van der Waals surface area contributed by atoms with E-state index in [0.29, 0.717) is 6.42 Å². The molecule has 0 spiro atoms. The second-order valence-electron chi connectivity index (χ2n) is 4.75. The molecule has 2 rings (SSSR count). The van der Waals surface area contributed by atoms with Crippen molar-refractivity contribution in [2.75, 3.05) is 6.61 Å². The number of aromatic nitrogens is 1.